The van der Waals surface area contributed by atoms with Gasteiger partial charge in [-0.15, -0.1) is 0 Å². The number of carboxylic acid groups (broad SMARTS) is 1. The molecule has 0 aliphatic carbocycles. The number of carbonyl (C=O) groups excluding carboxylic acids is 1. The molecule has 2 heterocycles. The van der Waals surface area contributed by atoms with Crippen molar-refractivity contribution in [3.63, 3.8) is 0 Å². The van der Waals surface area contributed by atoms with E-state index in [1.807, 2.05) is 0 Å². The summed E-state index contributed by atoms with van der Waals surface area (Å²) >= 11 is 0. The third-order valence-electron chi connectivity index (χ3n) is 4.33. The van der Waals surface area contributed by atoms with Crippen LogP contribution in [0.4, 0.5) is 4.39 Å². The lowest BCUT2D eigenvalue weighted by atomic mass is 9.86. The second-order valence-corrected chi connectivity index (χ2v) is 6.34. The van der Waals surface area contributed by atoms with E-state index >= 15 is 0 Å². The zero-order valence-corrected chi connectivity index (χ0v) is 14.0. The second-order valence-electron chi connectivity index (χ2n) is 6.34. The number of hydrogen-bond donors (Lipinski definition) is 2. The maximum atomic E-state index is 13.0. The van der Waals surface area contributed by atoms with Crippen LogP contribution in [0.1, 0.15) is 25.0 Å². The normalized spacial score (nSPS) is 16.2. The molecule has 2 N–H and O–H groups in total. The van der Waals surface area contributed by atoms with Crippen molar-refractivity contribution in [1.29, 1.82) is 0 Å². The molecule has 1 aliphatic rings. The first-order valence-electron chi connectivity index (χ1n) is 8.27. The number of oxazole rings is 1. The summed E-state index contributed by atoms with van der Waals surface area (Å²) in [6.45, 7) is 0.818. The Morgan fingerprint density at radius 3 is 2.58 bits per heavy atom. The average Bonchev–Trinajstić information content (AvgIpc) is 3.03. The molecule has 0 spiro atoms. The molecule has 26 heavy (non-hydrogen) atoms. The van der Waals surface area contributed by atoms with Gasteiger partial charge < -0.3 is 19.6 Å². The molecule has 2 aromatic rings. The fourth-order valence-corrected chi connectivity index (χ4v) is 3.02. The lowest BCUT2D eigenvalue weighted by molar-refractivity contribution is -0.140. The summed E-state index contributed by atoms with van der Waals surface area (Å²) in [6, 6.07) is 5.67. The van der Waals surface area contributed by atoms with Gasteiger partial charge in [0.05, 0.1) is 24.1 Å². The molecule has 1 aliphatic heterocycles. The Balaban J connectivity index is 1.65. The number of aromatic nitrogens is 1. The number of halogens is 1. The summed E-state index contributed by atoms with van der Waals surface area (Å²) in [4.78, 5) is 27.8. The SMILES string of the molecule is O=C(O)CC1(NC(=O)Cc2coc(-c3ccc(F)cc3)n2)CCOCC1. The van der Waals surface area contributed by atoms with Crippen molar-refractivity contribution in [2.24, 2.45) is 0 Å². The molecule has 3 rings (SSSR count). The molecular formula is C18H19FN2O5. The Kier molecular flexibility index (Phi) is 5.32. The van der Waals surface area contributed by atoms with Crippen molar-refractivity contribution in [3.05, 3.63) is 42.0 Å². The van der Waals surface area contributed by atoms with Gasteiger partial charge in [-0.3, -0.25) is 9.59 Å². The third-order valence-corrected chi connectivity index (χ3v) is 4.33. The van der Waals surface area contributed by atoms with Crippen LogP contribution < -0.4 is 5.32 Å². The van der Waals surface area contributed by atoms with Gasteiger partial charge in [0.15, 0.2) is 0 Å². The molecule has 1 aromatic heterocycles. The lowest BCUT2D eigenvalue weighted by Crippen LogP contribution is -2.53. The highest BCUT2D eigenvalue weighted by Crippen LogP contribution is 2.25. The smallest absolute Gasteiger partial charge is 0.305 e. The average molecular weight is 362 g/mol. The lowest BCUT2D eigenvalue weighted by Gasteiger charge is -2.36. The first kappa shape index (κ1) is 18.1. The zero-order chi connectivity index (χ0) is 18.6. The molecule has 8 heteroatoms. The fourth-order valence-electron chi connectivity index (χ4n) is 3.02. The molecule has 1 aromatic carbocycles. The summed E-state index contributed by atoms with van der Waals surface area (Å²) in [5.41, 5.74) is 0.217. The van der Waals surface area contributed by atoms with Crippen LogP contribution >= 0.6 is 0 Å². The standard InChI is InChI=1S/C18H19FN2O5/c19-13-3-1-12(2-4-13)17-20-14(11-26-17)9-15(22)21-18(10-16(23)24)5-7-25-8-6-18/h1-4,11H,5-10H2,(H,21,22)(H,23,24). The highest BCUT2D eigenvalue weighted by molar-refractivity contribution is 5.80. The highest BCUT2D eigenvalue weighted by atomic mass is 19.1. The van der Waals surface area contributed by atoms with Gasteiger partial charge in [0, 0.05) is 18.8 Å². The summed E-state index contributed by atoms with van der Waals surface area (Å²) in [5.74, 6) is -1.36. The van der Waals surface area contributed by atoms with E-state index < -0.39 is 11.5 Å². The first-order valence-corrected chi connectivity index (χ1v) is 8.27. The van der Waals surface area contributed by atoms with Gasteiger partial charge >= 0.3 is 5.97 Å². The van der Waals surface area contributed by atoms with Gasteiger partial charge in [-0.25, -0.2) is 9.37 Å². The van der Waals surface area contributed by atoms with E-state index in [1.54, 1.807) is 0 Å². The Morgan fingerprint density at radius 2 is 1.92 bits per heavy atom. The Morgan fingerprint density at radius 1 is 1.23 bits per heavy atom. The van der Waals surface area contributed by atoms with Gasteiger partial charge in [0.2, 0.25) is 11.8 Å². The Hall–Kier alpha value is -2.74. The first-order chi connectivity index (χ1) is 12.5. The van der Waals surface area contributed by atoms with Crippen molar-refractivity contribution in [2.75, 3.05) is 13.2 Å². The van der Waals surface area contributed by atoms with Gasteiger partial charge in [0.25, 0.3) is 0 Å². The molecule has 7 nitrogen and oxygen atoms in total. The summed E-state index contributed by atoms with van der Waals surface area (Å²) in [7, 11) is 0. The molecular weight excluding hydrogens is 343 g/mol. The molecule has 0 saturated carbocycles. The van der Waals surface area contributed by atoms with Gasteiger partial charge in [-0.05, 0) is 37.1 Å². The van der Waals surface area contributed by atoms with Crippen LogP contribution in [-0.4, -0.2) is 40.7 Å². The monoisotopic (exact) mass is 362 g/mol. The number of ether oxygens (including phenoxy) is 1. The molecule has 1 amide bonds. The van der Waals surface area contributed by atoms with Crippen LogP contribution in [0.2, 0.25) is 0 Å². The highest BCUT2D eigenvalue weighted by Gasteiger charge is 2.36. The van der Waals surface area contributed by atoms with Crippen LogP contribution in [-0.2, 0) is 20.7 Å². The van der Waals surface area contributed by atoms with Crippen LogP contribution in [0.15, 0.2) is 34.9 Å². The maximum Gasteiger partial charge on any atom is 0.305 e. The number of nitrogens with one attached hydrogen (secondary N) is 1. The number of carboxylic acids is 1. The fraction of sp³-hybridized carbons (Fsp3) is 0.389. The molecule has 0 radical (unpaired) electrons. The predicted octanol–water partition coefficient (Wildman–Crippen LogP) is 2.16. The number of benzene rings is 1. The van der Waals surface area contributed by atoms with Gasteiger partial charge in [0.1, 0.15) is 12.1 Å². The number of carbonyl (C=O) groups is 2. The van der Waals surface area contributed by atoms with E-state index in [4.69, 9.17) is 14.3 Å². The van der Waals surface area contributed by atoms with E-state index in [0.717, 1.165) is 0 Å². The van der Waals surface area contributed by atoms with Crippen LogP contribution in [0.3, 0.4) is 0 Å². The molecule has 0 atom stereocenters. The quantitative estimate of drug-likeness (QED) is 0.817. The van der Waals surface area contributed by atoms with E-state index in [9.17, 15) is 14.0 Å². The van der Waals surface area contributed by atoms with Crippen LogP contribution in [0, 0.1) is 5.82 Å². The summed E-state index contributed by atoms with van der Waals surface area (Å²) in [5, 5.41) is 12.0. The van der Waals surface area contributed by atoms with Crippen molar-refractivity contribution in [2.45, 2.75) is 31.2 Å². The largest absolute Gasteiger partial charge is 0.481 e. The maximum absolute atomic E-state index is 13.0. The number of amides is 1. The van der Waals surface area contributed by atoms with Crippen molar-refractivity contribution < 1.29 is 28.2 Å². The minimum atomic E-state index is -0.966. The van der Waals surface area contributed by atoms with Gasteiger partial charge in [-0.2, -0.15) is 0 Å². The van der Waals surface area contributed by atoms with E-state index in [-0.39, 0.29) is 24.6 Å². The van der Waals surface area contributed by atoms with Crippen LogP contribution in [0.5, 0.6) is 0 Å². The summed E-state index contributed by atoms with van der Waals surface area (Å²) < 4.78 is 23.6. The number of aliphatic carboxylic acids is 1. The third kappa shape index (κ3) is 4.45. The van der Waals surface area contributed by atoms with Crippen LogP contribution in [0.25, 0.3) is 11.5 Å². The molecule has 0 unspecified atom stereocenters. The molecule has 138 valence electrons. The Bertz CT molecular complexity index is 781. The topological polar surface area (TPSA) is 102 Å². The van der Waals surface area contributed by atoms with E-state index in [2.05, 4.69) is 10.3 Å². The van der Waals surface area contributed by atoms with E-state index in [1.165, 1.54) is 30.5 Å². The second kappa shape index (κ2) is 7.65. The number of nitrogens with zero attached hydrogens (tertiary/aromatic N) is 1. The van der Waals surface area contributed by atoms with Crippen molar-refractivity contribution in [1.82, 2.24) is 10.3 Å². The molecule has 1 saturated heterocycles. The van der Waals surface area contributed by atoms with Crippen molar-refractivity contribution in [3.8, 4) is 11.5 Å². The molecule has 0 bridgehead atoms. The predicted molar refractivity (Wildman–Crippen MR) is 88.8 cm³/mol. The Labute approximate surface area is 149 Å². The van der Waals surface area contributed by atoms with E-state index in [0.29, 0.717) is 43.2 Å². The minimum absolute atomic E-state index is 0.0348. The minimum Gasteiger partial charge on any atom is -0.481 e. The van der Waals surface area contributed by atoms with Gasteiger partial charge in [-0.1, -0.05) is 0 Å². The summed E-state index contributed by atoms with van der Waals surface area (Å²) in [6.07, 6.45) is 2.08. The zero-order valence-electron chi connectivity index (χ0n) is 14.0. The van der Waals surface area contributed by atoms with Crippen molar-refractivity contribution >= 4 is 11.9 Å². The number of hydrogen-bond acceptors (Lipinski definition) is 5. The molecule has 1 fully saturated rings. The number of rotatable bonds is 6.